The lowest BCUT2D eigenvalue weighted by Crippen LogP contribution is -2.86. The fourth-order valence-corrected chi connectivity index (χ4v) is 2.95. The van der Waals surface area contributed by atoms with Crippen LogP contribution in [0.4, 0.5) is 65.4 Å². The second-order valence-electron chi connectivity index (χ2n) is 7.07. The molecule has 0 bridgehead atoms. The van der Waals surface area contributed by atoms with Crippen LogP contribution in [0.15, 0.2) is 64.8 Å². The van der Waals surface area contributed by atoms with Crippen molar-refractivity contribution in [2.75, 3.05) is 5.32 Å². The molecule has 0 radical (unpaired) electrons. The van der Waals surface area contributed by atoms with Gasteiger partial charge in [-0.25, -0.2) is 4.39 Å². The number of hydrogen-bond donors (Lipinski definition) is 1. The average molecular weight is 505 g/mol. The standard InChI is InChI=1S/C19H10F11N3O/c20-14(15(21,22)17(25,26)19(29,30)18(27,28)16(14,23)24)13(34)31-10-6-8-12(9-7-10)33-32-11-4-2-1-3-5-11/h1-9H,(H,31,34). The Labute approximate surface area is 182 Å². The van der Waals surface area contributed by atoms with E-state index in [2.05, 4.69) is 10.2 Å². The molecule has 0 atom stereocenters. The summed E-state index contributed by atoms with van der Waals surface area (Å²) in [5.41, 5.74) is -7.17. The largest absolute Gasteiger partial charge is 0.384 e. The normalized spacial score (nSPS) is 23.4. The van der Waals surface area contributed by atoms with E-state index in [1.807, 2.05) is 0 Å². The molecule has 34 heavy (non-hydrogen) atoms. The van der Waals surface area contributed by atoms with Crippen LogP contribution in [0.1, 0.15) is 0 Å². The van der Waals surface area contributed by atoms with Crippen molar-refractivity contribution in [1.82, 2.24) is 0 Å². The van der Waals surface area contributed by atoms with Gasteiger partial charge in [0, 0.05) is 5.69 Å². The highest BCUT2D eigenvalue weighted by atomic mass is 19.4. The predicted octanol–water partition coefficient (Wildman–Crippen LogP) is 6.94. The molecule has 1 saturated carbocycles. The highest BCUT2D eigenvalue weighted by molar-refractivity contribution is 5.99. The number of azo groups is 1. The Balaban J connectivity index is 1.93. The van der Waals surface area contributed by atoms with Gasteiger partial charge in [0.2, 0.25) is 0 Å². The maximum Gasteiger partial charge on any atom is 0.384 e. The van der Waals surface area contributed by atoms with Crippen LogP contribution in [-0.4, -0.2) is 41.2 Å². The quantitative estimate of drug-likeness (QED) is 0.355. The zero-order valence-electron chi connectivity index (χ0n) is 16.2. The molecule has 0 heterocycles. The predicted molar refractivity (Wildman–Crippen MR) is 94.3 cm³/mol. The number of alkyl halides is 11. The second-order valence-corrected chi connectivity index (χ2v) is 7.07. The van der Waals surface area contributed by atoms with Gasteiger partial charge in [-0.05, 0) is 36.4 Å². The third kappa shape index (κ3) is 3.15. The van der Waals surface area contributed by atoms with Gasteiger partial charge < -0.3 is 5.32 Å². The number of carbonyl (C=O) groups is 1. The van der Waals surface area contributed by atoms with Crippen LogP contribution in [-0.2, 0) is 4.79 Å². The molecular weight excluding hydrogens is 495 g/mol. The number of benzene rings is 2. The molecule has 184 valence electrons. The Kier molecular flexibility index (Phi) is 5.69. The summed E-state index contributed by atoms with van der Waals surface area (Å²) in [6, 6.07) is 11.4. The Morgan fingerprint density at radius 3 is 1.38 bits per heavy atom. The van der Waals surface area contributed by atoms with E-state index < -0.39 is 46.9 Å². The van der Waals surface area contributed by atoms with E-state index in [1.165, 1.54) is 0 Å². The zero-order chi connectivity index (χ0) is 25.8. The number of hydrogen-bond acceptors (Lipinski definition) is 3. The van der Waals surface area contributed by atoms with Crippen molar-refractivity contribution in [3.63, 3.8) is 0 Å². The molecular formula is C19H10F11N3O. The lowest BCUT2D eigenvalue weighted by molar-refractivity contribution is -0.475. The summed E-state index contributed by atoms with van der Waals surface area (Å²) in [5.74, 6) is -40.0. The summed E-state index contributed by atoms with van der Waals surface area (Å²) in [4.78, 5) is 11.9. The topological polar surface area (TPSA) is 53.8 Å². The van der Waals surface area contributed by atoms with Crippen LogP contribution in [0, 0.1) is 0 Å². The molecule has 3 rings (SSSR count). The van der Waals surface area contributed by atoms with Gasteiger partial charge in [-0.15, -0.1) is 0 Å². The van der Waals surface area contributed by atoms with Crippen molar-refractivity contribution in [2.45, 2.75) is 35.3 Å². The van der Waals surface area contributed by atoms with Crippen molar-refractivity contribution < 1.29 is 53.1 Å². The van der Waals surface area contributed by atoms with E-state index in [0.29, 0.717) is 5.69 Å². The minimum atomic E-state index is -7.39. The maximum atomic E-state index is 14.7. The van der Waals surface area contributed by atoms with Crippen molar-refractivity contribution in [1.29, 1.82) is 0 Å². The van der Waals surface area contributed by atoms with Crippen LogP contribution in [0.5, 0.6) is 0 Å². The first-order valence-corrected chi connectivity index (χ1v) is 8.91. The van der Waals surface area contributed by atoms with Gasteiger partial charge in [-0.1, -0.05) is 18.2 Å². The third-order valence-electron chi connectivity index (χ3n) is 4.92. The number of amides is 1. The van der Waals surface area contributed by atoms with Crippen LogP contribution in [0.2, 0.25) is 0 Å². The average Bonchev–Trinajstić information content (AvgIpc) is 2.77. The smallest absolute Gasteiger partial charge is 0.323 e. The molecule has 0 aromatic heterocycles. The van der Waals surface area contributed by atoms with Crippen molar-refractivity contribution in [3.8, 4) is 0 Å². The molecule has 0 aliphatic heterocycles. The fraction of sp³-hybridized carbons (Fsp3) is 0.316. The van der Waals surface area contributed by atoms with E-state index in [9.17, 15) is 53.1 Å². The summed E-state index contributed by atoms with van der Waals surface area (Å²) in [6.07, 6.45) is 0. The van der Waals surface area contributed by atoms with Gasteiger partial charge in [-0.3, -0.25) is 4.79 Å². The number of rotatable bonds is 4. The number of nitrogens with one attached hydrogen (secondary N) is 1. The molecule has 1 aliphatic rings. The Morgan fingerprint density at radius 1 is 0.559 bits per heavy atom. The summed E-state index contributed by atoms with van der Waals surface area (Å²) in [6.45, 7) is 0. The van der Waals surface area contributed by atoms with Crippen molar-refractivity contribution >= 4 is 23.0 Å². The molecule has 1 fully saturated rings. The summed E-state index contributed by atoms with van der Waals surface area (Å²) >= 11 is 0. The van der Waals surface area contributed by atoms with Gasteiger partial charge in [0.05, 0.1) is 11.4 Å². The van der Waals surface area contributed by atoms with Crippen molar-refractivity contribution in [3.05, 3.63) is 54.6 Å². The van der Waals surface area contributed by atoms with Gasteiger partial charge >= 0.3 is 35.3 Å². The Hall–Kier alpha value is -3.26. The first kappa shape index (κ1) is 25.4. The highest BCUT2D eigenvalue weighted by Gasteiger charge is 3.02. The molecule has 15 heteroatoms. The SMILES string of the molecule is O=C(Nc1ccc(N=Nc2ccccc2)cc1)C1(F)C(F)(F)C(F)(F)C(F)(F)C(F)(F)C1(F)F. The Bertz CT molecular complexity index is 1070. The molecule has 1 aliphatic carbocycles. The monoisotopic (exact) mass is 505 g/mol. The van der Waals surface area contributed by atoms with Crippen LogP contribution < -0.4 is 5.32 Å². The van der Waals surface area contributed by atoms with Gasteiger partial charge in [0.15, 0.2) is 0 Å². The summed E-state index contributed by atoms with van der Waals surface area (Å²) in [5, 5.41) is 8.50. The van der Waals surface area contributed by atoms with Crippen LogP contribution in [0.25, 0.3) is 0 Å². The zero-order valence-corrected chi connectivity index (χ0v) is 16.2. The summed E-state index contributed by atoms with van der Waals surface area (Å²) in [7, 11) is 0. The minimum absolute atomic E-state index is 0.0165. The molecule has 1 amide bonds. The minimum Gasteiger partial charge on any atom is -0.323 e. The van der Waals surface area contributed by atoms with E-state index in [-0.39, 0.29) is 5.69 Å². The van der Waals surface area contributed by atoms with Crippen LogP contribution >= 0.6 is 0 Å². The molecule has 1 N–H and O–H groups in total. The molecule has 0 unspecified atom stereocenters. The van der Waals surface area contributed by atoms with Gasteiger partial charge in [0.25, 0.3) is 5.91 Å². The van der Waals surface area contributed by atoms with E-state index in [1.54, 1.807) is 30.3 Å². The molecule has 0 saturated heterocycles. The molecule has 2 aromatic carbocycles. The summed E-state index contributed by atoms with van der Waals surface area (Å²) < 4.78 is 151. The lowest BCUT2D eigenvalue weighted by Gasteiger charge is -2.51. The van der Waals surface area contributed by atoms with E-state index >= 15 is 0 Å². The number of nitrogens with zero attached hydrogens (tertiary/aromatic N) is 2. The first-order chi connectivity index (χ1) is 15.4. The second kappa shape index (κ2) is 7.63. The number of carbonyl (C=O) groups excluding carboxylic acids is 1. The van der Waals surface area contributed by atoms with Gasteiger partial charge in [-0.2, -0.15) is 54.1 Å². The van der Waals surface area contributed by atoms with Gasteiger partial charge in [0.1, 0.15) is 0 Å². The Morgan fingerprint density at radius 2 is 0.941 bits per heavy atom. The lowest BCUT2D eigenvalue weighted by atomic mass is 9.71. The van der Waals surface area contributed by atoms with E-state index in [0.717, 1.165) is 29.6 Å². The molecule has 4 nitrogen and oxygen atoms in total. The fourth-order valence-electron chi connectivity index (χ4n) is 2.95. The van der Waals surface area contributed by atoms with Crippen molar-refractivity contribution in [2.24, 2.45) is 10.2 Å². The van der Waals surface area contributed by atoms with Crippen LogP contribution in [0.3, 0.4) is 0 Å². The third-order valence-corrected chi connectivity index (χ3v) is 4.92. The first-order valence-electron chi connectivity index (χ1n) is 8.91. The van der Waals surface area contributed by atoms with E-state index in [4.69, 9.17) is 0 Å². The molecule has 0 spiro atoms. The molecule has 2 aromatic rings. The maximum absolute atomic E-state index is 14.7. The number of halogens is 11. The number of anilines is 1. The highest BCUT2D eigenvalue weighted by Crippen LogP contribution is 2.69.